The number of carbonyl (C=O) groups is 1. The molecule has 0 bridgehead atoms. The third-order valence-corrected chi connectivity index (χ3v) is 1.61. The van der Waals surface area contributed by atoms with E-state index in [1.54, 1.807) is 6.92 Å². The number of rotatable bonds is 3. The first-order valence-electron chi connectivity index (χ1n) is 3.13. The average Bonchev–Trinajstić information content (AvgIpc) is 1.84. The van der Waals surface area contributed by atoms with Crippen LogP contribution in [-0.4, -0.2) is 28.3 Å². The lowest BCUT2D eigenvalue weighted by Gasteiger charge is -2.17. The molecule has 0 saturated heterocycles. The smallest absolute Gasteiger partial charge is 0.320 e. The molecule has 0 aliphatic carbocycles. The fourth-order valence-electron chi connectivity index (χ4n) is 0.525. The highest BCUT2D eigenvalue weighted by Gasteiger charge is 2.23. The Kier molecular flexibility index (Phi) is 3.32. The molecule has 0 amide bonds. The second kappa shape index (κ2) is 3.53. The third-order valence-electron chi connectivity index (χ3n) is 1.61. The molecular formula is C6H13NO3. The SMILES string of the molecule is CC([C@H](C)O)[C@@H](N)C(=O)O. The van der Waals surface area contributed by atoms with Gasteiger partial charge in [0.2, 0.25) is 0 Å². The number of nitrogens with two attached hydrogens (primary N) is 1. The van der Waals surface area contributed by atoms with Gasteiger partial charge >= 0.3 is 5.97 Å². The fourth-order valence-corrected chi connectivity index (χ4v) is 0.525. The lowest BCUT2D eigenvalue weighted by Crippen LogP contribution is -2.41. The molecule has 0 aromatic carbocycles. The molecule has 0 radical (unpaired) electrons. The molecule has 60 valence electrons. The fraction of sp³-hybridized carbons (Fsp3) is 0.833. The standard InChI is InChI=1S/C6H13NO3/c1-3(4(2)8)5(7)6(9)10/h3-5,8H,7H2,1-2H3,(H,9,10)/t3?,4-,5+/m0/s1. The first kappa shape index (κ1) is 9.39. The number of hydrogen-bond donors (Lipinski definition) is 3. The van der Waals surface area contributed by atoms with E-state index in [-0.39, 0.29) is 0 Å². The zero-order valence-corrected chi connectivity index (χ0v) is 6.11. The Labute approximate surface area is 59.7 Å². The molecule has 1 unspecified atom stereocenters. The maximum atomic E-state index is 10.2. The summed E-state index contributed by atoms with van der Waals surface area (Å²) in [5, 5.41) is 17.3. The normalized spacial score (nSPS) is 19.6. The summed E-state index contributed by atoms with van der Waals surface area (Å²) in [5.41, 5.74) is 5.20. The van der Waals surface area contributed by atoms with E-state index < -0.39 is 24.0 Å². The molecule has 0 spiro atoms. The largest absolute Gasteiger partial charge is 0.480 e. The average molecular weight is 147 g/mol. The Morgan fingerprint density at radius 3 is 2.00 bits per heavy atom. The Bertz CT molecular complexity index is 124. The van der Waals surface area contributed by atoms with Crippen molar-refractivity contribution >= 4 is 5.97 Å². The summed E-state index contributed by atoms with van der Waals surface area (Å²) in [6.07, 6.45) is -0.675. The van der Waals surface area contributed by atoms with Crippen LogP contribution in [0.5, 0.6) is 0 Å². The monoisotopic (exact) mass is 147 g/mol. The van der Waals surface area contributed by atoms with Crippen LogP contribution in [0.4, 0.5) is 0 Å². The third kappa shape index (κ3) is 2.33. The van der Waals surface area contributed by atoms with Gasteiger partial charge in [0.25, 0.3) is 0 Å². The van der Waals surface area contributed by atoms with E-state index in [4.69, 9.17) is 15.9 Å². The topological polar surface area (TPSA) is 83.5 Å². The summed E-state index contributed by atoms with van der Waals surface area (Å²) in [6, 6.07) is -0.972. The Balaban J connectivity index is 3.94. The number of carboxylic acids is 1. The van der Waals surface area contributed by atoms with Gasteiger partial charge in [0, 0.05) is 5.92 Å². The molecule has 0 aliphatic heterocycles. The summed E-state index contributed by atoms with van der Waals surface area (Å²) < 4.78 is 0. The number of carboxylic acid groups (broad SMARTS) is 1. The van der Waals surface area contributed by atoms with Crippen molar-refractivity contribution in [1.82, 2.24) is 0 Å². The first-order chi connectivity index (χ1) is 4.46. The zero-order chi connectivity index (χ0) is 8.31. The van der Waals surface area contributed by atoms with Crippen molar-refractivity contribution in [2.75, 3.05) is 0 Å². The van der Waals surface area contributed by atoms with Gasteiger partial charge < -0.3 is 15.9 Å². The molecule has 4 heteroatoms. The summed E-state index contributed by atoms with van der Waals surface area (Å²) in [4.78, 5) is 10.2. The highest BCUT2D eigenvalue weighted by atomic mass is 16.4. The maximum Gasteiger partial charge on any atom is 0.320 e. The molecule has 0 rings (SSSR count). The van der Waals surface area contributed by atoms with Crippen LogP contribution >= 0.6 is 0 Å². The van der Waals surface area contributed by atoms with Crippen LogP contribution in [0.2, 0.25) is 0 Å². The highest BCUT2D eigenvalue weighted by molar-refractivity contribution is 5.73. The van der Waals surface area contributed by atoms with Crippen LogP contribution in [0.3, 0.4) is 0 Å². The highest BCUT2D eigenvalue weighted by Crippen LogP contribution is 2.05. The molecule has 10 heavy (non-hydrogen) atoms. The van der Waals surface area contributed by atoms with Crippen LogP contribution in [0.25, 0.3) is 0 Å². The molecular weight excluding hydrogens is 134 g/mol. The van der Waals surface area contributed by atoms with Gasteiger partial charge in [-0.05, 0) is 6.92 Å². The second-order valence-corrected chi connectivity index (χ2v) is 2.46. The van der Waals surface area contributed by atoms with E-state index in [2.05, 4.69) is 0 Å². The molecule has 0 aliphatic rings. The van der Waals surface area contributed by atoms with Crippen LogP contribution in [-0.2, 0) is 4.79 Å². The minimum Gasteiger partial charge on any atom is -0.480 e. The van der Waals surface area contributed by atoms with Crippen molar-refractivity contribution in [2.45, 2.75) is 26.0 Å². The summed E-state index contributed by atoms with van der Waals surface area (Å²) in [6.45, 7) is 3.12. The van der Waals surface area contributed by atoms with Crippen molar-refractivity contribution in [2.24, 2.45) is 11.7 Å². The Morgan fingerprint density at radius 1 is 1.50 bits per heavy atom. The van der Waals surface area contributed by atoms with Crippen molar-refractivity contribution in [1.29, 1.82) is 0 Å². The van der Waals surface area contributed by atoms with E-state index in [9.17, 15) is 4.79 Å². The zero-order valence-electron chi connectivity index (χ0n) is 6.11. The second-order valence-electron chi connectivity index (χ2n) is 2.46. The minimum absolute atomic E-state index is 0.405. The number of aliphatic hydroxyl groups excluding tert-OH is 1. The summed E-state index contributed by atoms with van der Waals surface area (Å²) >= 11 is 0. The van der Waals surface area contributed by atoms with E-state index in [0.717, 1.165) is 0 Å². The van der Waals surface area contributed by atoms with E-state index in [0.29, 0.717) is 0 Å². The van der Waals surface area contributed by atoms with Gasteiger partial charge in [-0.1, -0.05) is 6.92 Å². The van der Waals surface area contributed by atoms with Gasteiger partial charge in [0.05, 0.1) is 6.10 Å². The molecule has 0 saturated carbocycles. The van der Waals surface area contributed by atoms with Gasteiger partial charge in [-0.3, -0.25) is 4.79 Å². The van der Waals surface area contributed by atoms with Crippen molar-refractivity contribution < 1.29 is 15.0 Å². The Morgan fingerprint density at radius 2 is 1.90 bits per heavy atom. The molecule has 3 atom stereocenters. The lowest BCUT2D eigenvalue weighted by atomic mass is 9.98. The van der Waals surface area contributed by atoms with Gasteiger partial charge in [0.1, 0.15) is 6.04 Å². The minimum atomic E-state index is -1.08. The van der Waals surface area contributed by atoms with Crippen LogP contribution in [0, 0.1) is 5.92 Å². The Hall–Kier alpha value is -0.610. The quantitative estimate of drug-likeness (QED) is 0.498. The predicted octanol–water partition coefficient (Wildman–Crippen LogP) is -0.585. The van der Waals surface area contributed by atoms with Gasteiger partial charge in [-0.15, -0.1) is 0 Å². The first-order valence-corrected chi connectivity index (χ1v) is 3.13. The van der Waals surface area contributed by atoms with E-state index >= 15 is 0 Å². The predicted molar refractivity (Wildman–Crippen MR) is 36.5 cm³/mol. The molecule has 0 aromatic heterocycles. The van der Waals surface area contributed by atoms with E-state index in [1.165, 1.54) is 6.92 Å². The van der Waals surface area contributed by atoms with Crippen LogP contribution in [0.15, 0.2) is 0 Å². The molecule has 4 N–H and O–H groups in total. The number of aliphatic hydroxyl groups is 1. The molecule has 0 heterocycles. The summed E-state index contributed by atoms with van der Waals surface area (Å²) in [7, 11) is 0. The molecule has 0 aromatic rings. The van der Waals surface area contributed by atoms with Crippen molar-refractivity contribution in [3.8, 4) is 0 Å². The van der Waals surface area contributed by atoms with Gasteiger partial charge in [0.15, 0.2) is 0 Å². The van der Waals surface area contributed by atoms with Gasteiger partial charge in [-0.2, -0.15) is 0 Å². The van der Waals surface area contributed by atoms with Crippen LogP contribution < -0.4 is 5.73 Å². The maximum absolute atomic E-state index is 10.2. The summed E-state index contributed by atoms with van der Waals surface area (Å²) in [5.74, 6) is -1.48. The van der Waals surface area contributed by atoms with Crippen molar-refractivity contribution in [3.63, 3.8) is 0 Å². The van der Waals surface area contributed by atoms with Gasteiger partial charge in [-0.25, -0.2) is 0 Å². The lowest BCUT2D eigenvalue weighted by molar-refractivity contribution is -0.140. The number of aliphatic carboxylic acids is 1. The molecule has 4 nitrogen and oxygen atoms in total. The molecule has 0 fully saturated rings. The van der Waals surface area contributed by atoms with E-state index in [1.807, 2.05) is 0 Å². The van der Waals surface area contributed by atoms with Crippen LogP contribution in [0.1, 0.15) is 13.8 Å². The van der Waals surface area contributed by atoms with Crippen molar-refractivity contribution in [3.05, 3.63) is 0 Å². The number of hydrogen-bond acceptors (Lipinski definition) is 3.